The zero-order valence-corrected chi connectivity index (χ0v) is 16.9. The van der Waals surface area contributed by atoms with Crippen molar-refractivity contribution in [1.82, 2.24) is 14.8 Å². The summed E-state index contributed by atoms with van der Waals surface area (Å²) in [6.45, 7) is 9.88. The number of rotatable bonds is 4. The smallest absolute Gasteiger partial charge is 0.248 e. The Kier molecular flexibility index (Phi) is 5.61. The monoisotopic (exact) mass is 406 g/mol. The second-order valence-corrected chi connectivity index (χ2v) is 8.60. The quantitative estimate of drug-likeness (QED) is 0.771. The molecule has 0 spiro atoms. The molecule has 0 unspecified atom stereocenters. The lowest BCUT2D eigenvalue weighted by atomic mass is 9.83. The molecule has 1 amide bonds. The van der Waals surface area contributed by atoms with Crippen molar-refractivity contribution in [3.05, 3.63) is 34.3 Å². The van der Waals surface area contributed by atoms with Crippen molar-refractivity contribution in [2.75, 3.05) is 46.3 Å². The van der Waals surface area contributed by atoms with Gasteiger partial charge in [0.25, 0.3) is 0 Å². The topological polar surface area (TPSA) is 39.1 Å². The van der Waals surface area contributed by atoms with Crippen LogP contribution in [0.1, 0.15) is 25.8 Å². The van der Waals surface area contributed by atoms with Gasteiger partial charge in [-0.25, -0.2) is 5.01 Å². The first kappa shape index (κ1) is 18.5. The Morgan fingerprint density at radius 1 is 1.08 bits per heavy atom. The Labute approximate surface area is 158 Å². The number of benzene rings is 1. The van der Waals surface area contributed by atoms with Crippen LogP contribution in [0.5, 0.6) is 0 Å². The Morgan fingerprint density at radius 2 is 1.72 bits per heavy atom. The third-order valence-electron chi connectivity index (χ3n) is 5.07. The average molecular weight is 407 g/mol. The lowest BCUT2D eigenvalue weighted by molar-refractivity contribution is -0.141. The zero-order chi connectivity index (χ0) is 18.0. The summed E-state index contributed by atoms with van der Waals surface area (Å²) >= 11 is 3.47. The van der Waals surface area contributed by atoms with Crippen LogP contribution in [0.4, 0.5) is 0 Å². The van der Waals surface area contributed by atoms with Gasteiger partial charge in [0.1, 0.15) is 0 Å². The molecule has 2 aliphatic heterocycles. The van der Waals surface area contributed by atoms with E-state index in [0.29, 0.717) is 13.0 Å². The molecule has 1 saturated heterocycles. The first-order valence-electron chi connectivity index (χ1n) is 8.91. The van der Waals surface area contributed by atoms with Gasteiger partial charge >= 0.3 is 0 Å². The fourth-order valence-corrected chi connectivity index (χ4v) is 3.60. The van der Waals surface area contributed by atoms with Crippen LogP contribution in [0.2, 0.25) is 0 Å². The molecule has 0 N–H and O–H groups in total. The Balaban J connectivity index is 1.72. The fraction of sp³-hybridized carbons (Fsp3) is 0.579. The van der Waals surface area contributed by atoms with Crippen LogP contribution in [0.3, 0.4) is 0 Å². The zero-order valence-electron chi connectivity index (χ0n) is 15.3. The van der Waals surface area contributed by atoms with E-state index in [1.54, 1.807) is 5.01 Å². The van der Waals surface area contributed by atoms with E-state index in [4.69, 9.17) is 5.10 Å². The molecule has 0 bridgehead atoms. The number of nitrogens with zero attached hydrogens (tertiary/aromatic N) is 4. The normalized spacial score (nSPS) is 22.2. The minimum absolute atomic E-state index is 0.127. The van der Waals surface area contributed by atoms with E-state index in [1.807, 2.05) is 26.0 Å². The van der Waals surface area contributed by atoms with Gasteiger partial charge in [-0.15, -0.1) is 0 Å². The second kappa shape index (κ2) is 7.56. The molecule has 0 aliphatic carbocycles. The lowest BCUT2D eigenvalue weighted by Gasteiger charge is -2.37. The van der Waals surface area contributed by atoms with Crippen LogP contribution in [-0.2, 0) is 4.79 Å². The molecular weight excluding hydrogens is 380 g/mol. The molecule has 3 rings (SSSR count). The minimum Gasteiger partial charge on any atom is -0.304 e. The molecule has 0 aromatic heterocycles. The van der Waals surface area contributed by atoms with Crippen molar-refractivity contribution < 1.29 is 4.79 Å². The number of hydrogen-bond acceptors (Lipinski definition) is 4. The SMILES string of the molecule is CN1CCN(CCN2N=C(c3ccc(Br)cc3)CC(C)(C)C2=O)CC1. The second-order valence-electron chi connectivity index (χ2n) is 7.69. The first-order chi connectivity index (χ1) is 11.8. The van der Waals surface area contributed by atoms with Gasteiger partial charge in [0.15, 0.2) is 0 Å². The number of amides is 1. The van der Waals surface area contributed by atoms with E-state index in [0.717, 1.165) is 48.5 Å². The van der Waals surface area contributed by atoms with Crippen molar-refractivity contribution in [2.24, 2.45) is 10.5 Å². The highest BCUT2D eigenvalue weighted by atomic mass is 79.9. The number of likely N-dealkylation sites (N-methyl/N-ethyl adjacent to an activating group) is 1. The van der Waals surface area contributed by atoms with E-state index in [9.17, 15) is 4.79 Å². The predicted octanol–water partition coefficient (Wildman–Crippen LogP) is 2.66. The summed E-state index contributed by atoms with van der Waals surface area (Å²) < 4.78 is 1.05. The molecule has 1 fully saturated rings. The van der Waals surface area contributed by atoms with Crippen molar-refractivity contribution in [3.63, 3.8) is 0 Å². The van der Waals surface area contributed by atoms with Crippen molar-refractivity contribution in [2.45, 2.75) is 20.3 Å². The van der Waals surface area contributed by atoms with Gasteiger partial charge in [-0.3, -0.25) is 9.69 Å². The molecule has 1 aromatic carbocycles. The summed E-state index contributed by atoms with van der Waals surface area (Å²) in [7, 11) is 2.16. The largest absolute Gasteiger partial charge is 0.304 e. The minimum atomic E-state index is -0.410. The molecule has 25 heavy (non-hydrogen) atoms. The summed E-state index contributed by atoms with van der Waals surface area (Å²) in [4.78, 5) is 17.6. The van der Waals surface area contributed by atoms with Crippen LogP contribution >= 0.6 is 15.9 Å². The maximum absolute atomic E-state index is 12.8. The summed E-state index contributed by atoms with van der Waals surface area (Å²) in [5.41, 5.74) is 1.68. The highest BCUT2D eigenvalue weighted by Crippen LogP contribution is 2.31. The number of halogens is 1. The van der Waals surface area contributed by atoms with Crippen molar-refractivity contribution >= 4 is 27.5 Å². The van der Waals surface area contributed by atoms with Gasteiger partial charge in [0.2, 0.25) is 5.91 Å². The van der Waals surface area contributed by atoms with Gasteiger partial charge in [-0.05, 0) is 24.7 Å². The van der Waals surface area contributed by atoms with Gasteiger partial charge in [-0.1, -0.05) is 41.9 Å². The summed E-state index contributed by atoms with van der Waals surface area (Å²) in [5.74, 6) is 0.127. The molecule has 0 atom stereocenters. The van der Waals surface area contributed by atoms with Crippen LogP contribution in [0.25, 0.3) is 0 Å². The standard InChI is InChI=1S/C19H27BrN4O/c1-19(2)14-17(15-4-6-16(20)7-5-15)21-24(18(19)25)13-12-23-10-8-22(3)9-11-23/h4-7H,8-14H2,1-3H3. The van der Waals surface area contributed by atoms with Crippen LogP contribution in [0, 0.1) is 5.41 Å². The number of piperazine rings is 1. The Hall–Kier alpha value is -1.24. The molecule has 2 aliphatic rings. The van der Waals surface area contributed by atoms with E-state index in [1.165, 1.54) is 0 Å². The molecule has 1 aromatic rings. The predicted molar refractivity (Wildman–Crippen MR) is 105 cm³/mol. The van der Waals surface area contributed by atoms with Crippen LogP contribution in [0.15, 0.2) is 33.8 Å². The third-order valence-corrected chi connectivity index (χ3v) is 5.59. The highest BCUT2D eigenvalue weighted by Gasteiger charge is 2.38. The summed E-state index contributed by atoms with van der Waals surface area (Å²) in [6.07, 6.45) is 0.679. The summed E-state index contributed by atoms with van der Waals surface area (Å²) in [5, 5.41) is 6.40. The van der Waals surface area contributed by atoms with E-state index < -0.39 is 5.41 Å². The molecule has 6 heteroatoms. The van der Waals surface area contributed by atoms with Crippen LogP contribution in [-0.4, -0.2) is 72.7 Å². The molecule has 0 radical (unpaired) electrons. The average Bonchev–Trinajstić information content (AvgIpc) is 2.58. The van der Waals surface area contributed by atoms with E-state index in [2.05, 4.69) is 44.9 Å². The third kappa shape index (κ3) is 4.49. The molecule has 0 saturated carbocycles. The Bertz CT molecular complexity index is 648. The Morgan fingerprint density at radius 3 is 2.36 bits per heavy atom. The number of carbonyl (C=O) groups is 1. The number of hydrazone groups is 1. The molecule has 2 heterocycles. The maximum atomic E-state index is 12.8. The van der Waals surface area contributed by atoms with E-state index in [-0.39, 0.29) is 5.91 Å². The maximum Gasteiger partial charge on any atom is 0.248 e. The fourth-order valence-electron chi connectivity index (χ4n) is 3.33. The molecular formula is C19H27BrN4O. The van der Waals surface area contributed by atoms with E-state index >= 15 is 0 Å². The van der Waals surface area contributed by atoms with Crippen molar-refractivity contribution in [3.8, 4) is 0 Å². The number of hydrogen-bond donors (Lipinski definition) is 0. The van der Waals surface area contributed by atoms with Crippen LogP contribution < -0.4 is 0 Å². The highest BCUT2D eigenvalue weighted by molar-refractivity contribution is 9.10. The van der Waals surface area contributed by atoms with Gasteiger partial charge in [-0.2, -0.15) is 5.10 Å². The summed E-state index contributed by atoms with van der Waals surface area (Å²) in [6, 6.07) is 8.17. The van der Waals surface area contributed by atoms with Gasteiger partial charge in [0, 0.05) is 43.6 Å². The first-order valence-corrected chi connectivity index (χ1v) is 9.71. The molecule has 5 nitrogen and oxygen atoms in total. The van der Waals surface area contributed by atoms with Gasteiger partial charge in [0.05, 0.1) is 17.7 Å². The molecule has 136 valence electrons. The number of carbonyl (C=O) groups excluding carboxylic acids is 1. The van der Waals surface area contributed by atoms with Gasteiger partial charge < -0.3 is 4.90 Å². The van der Waals surface area contributed by atoms with Crippen molar-refractivity contribution in [1.29, 1.82) is 0 Å². The lowest BCUT2D eigenvalue weighted by Crippen LogP contribution is -2.49.